The molecule has 0 heterocycles. The molecule has 19 heavy (non-hydrogen) atoms. The first-order valence-corrected chi connectivity index (χ1v) is 6.22. The van der Waals surface area contributed by atoms with Gasteiger partial charge >= 0.3 is 11.9 Å². The van der Waals surface area contributed by atoms with Crippen molar-refractivity contribution in [3.8, 4) is 0 Å². The van der Waals surface area contributed by atoms with Gasteiger partial charge in [0, 0.05) is 0 Å². The first-order chi connectivity index (χ1) is 9.15. The largest absolute Gasteiger partial charge is 0.459 e. The Hall–Kier alpha value is -2.17. The van der Waals surface area contributed by atoms with Crippen molar-refractivity contribution >= 4 is 17.6 Å². The van der Waals surface area contributed by atoms with Crippen molar-refractivity contribution in [2.24, 2.45) is 0 Å². The zero-order valence-corrected chi connectivity index (χ0v) is 10.8. The molecule has 102 valence electrons. The van der Waals surface area contributed by atoms with Crippen LogP contribution in [0.1, 0.15) is 26.2 Å². The van der Waals surface area contributed by atoms with Crippen LogP contribution in [0, 0.1) is 0 Å². The Bertz CT molecular complexity index is 499. The van der Waals surface area contributed by atoms with Crippen molar-refractivity contribution in [2.75, 3.05) is 11.9 Å². The second-order valence-electron chi connectivity index (χ2n) is 3.99. The summed E-state index contributed by atoms with van der Waals surface area (Å²) < 4.78 is 4.79. The van der Waals surface area contributed by atoms with Crippen molar-refractivity contribution in [1.82, 2.24) is 0 Å². The molecule has 0 saturated heterocycles. The molecule has 1 N–H and O–H groups in total. The number of unbranched alkanes of at least 4 members (excludes halogenated alkanes) is 2. The van der Waals surface area contributed by atoms with E-state index in [0.29, 0.717) is 0 Å². The van der Waals surface area contributed by atoms with Gasteiger partial charge in [-0.1, -0.05) is 38.0 Å². The van der Waals surface area contributed by atoms with E-state index >= 15 is 0 Å². The third-order valence-electron chi connectivity index (χ3n) is 2.41. The molecule has 0 radical (unpaired) electrons. The highest BCUT2D eigenvalue weighted by Crippen LogP contribution is 1.99. The lowest BCUT2D eigenvalue weighted by molar-refractivity contribution is -0.152. The minimum Gasteiger partial charge on any atom is -0.459 e. The van der Waals surface area contributed by atoms with Crippen molar-refractivity contribution in [3.63, 3.8) is 0 Å². The van der Waals surface area contributed by atoms with E-state index in [1.54, 1.807) is 18.2 Å². The van der Waals surface area contributed by atoms with Crippen molar-refractivity contribution < 1.29 is 14.3 Å². The monoisotopic (exact) mass is 263 g/mol. The van der Waals surface area contributed by atoms with Crippen LogP contribution in [0.25, 0.3) is 0 Å². The summed E-state index contributed by atoms with van der Waals surface area (Å²) >= 11 is 0. The van der Waals surface area contributed by atoms with Gasteiger partial charge in [-0.25, -0.2) is 4.79 Å². The molecule has 0 aromatic heterocycles. The van der Waals surface area contributed by atoms with E-state index in [1.165, 1.54) is 12.1 Å². The van der Waals surface area contributed by atoms with Crippen LogP contribution >= 0.6 is 0 Å². The Kier molecular flexibility index (Phi) is 6.29. The number of esters is 1. The van der Waals surface area contributed by atoms with Gasteiger partial charge in [-0.05, 0) is 18.6 Å². The van der Waals surface area contributed by atoms with Crippen LogP contribution in [0.5, 0.6) is 0 Å². The molecule has 0 unspecified atom stereocenters. The van der Waals surface area contributed by atoms with Gasteiger partial charge in [0.05, 0.1) is 12.3 Å². The molecule has 5 heteroatoms. The number of carbonyl (C=O) groups excluding carboxylic acids is 2. The average Bonchev–Trinajstić information content (AvgIpc) is 2.60. The van der Waals surface area contributed by atoms with Gasteiger partial charge in [-0.15, -0.1) is 0 Å². The molecule has 1 amide bonds. The Morgan fingerprint density at radius 2 is 1.89 bits per heavy atom. The van der Waals surface area contributed by atoms with Crippen molar-refractivity contribution in [3.05, 3.63) is 40.6 Å². The lowest BCUT2D eigenvalue weighted by atomic mass is 10.3. The van der Waals surface area contributed by atoms with Gasteiger partial charge < -0.3 is 10.1 Å². The van der Waals surface area contributed by atoms with E-state index < -0.39 is 11.9 Å². The summed E-state index contributed by atoms with van der Waals surface area (Å²) in [6.07, 6.45) is 2.67. The fourth-order valence-electron chi connectivity index (χ4n) is 1.39. The molecule has 0 spiro atoms. The first-order valence-electron chi connectivity index (χ1n) is 6.22. The summed E-state index contributed by atoms with van der Waals surface area (Å²) in [7, 11) is 0. The molecule has 1 aromatic rings. The summed E-state index contributed by atoms with van der Waals surface area (Å²) in [5.41, 5.74) is -0.308. The van der Waals surface area contributed by atoms with Gasteiger partial charge in [0.1, 0.15) is 0 Å². The smallest absolute Gasteiger partial charge is 0.397 e. The van der Waals surface area contributed by atoms with Crippen LogP contribution in [0.15, 0.2) is 35.1 Å². The van der Waals surface area contributed by atoms with Crippen LogP contribution in [0.3, 0.4) is 0 Å². The molecule has 0 aliphatic carbocycles. The van der Waals surface area contributed by atoms with Gasteiger partial charge in [0.15, 0.2) is 0 Å². The van der Waals surface area contributed by atoms with Gasteiger partial charge in [-0.3, -0.25) is 9.59 Å². The molecule has 0 aliphatic heterocycles. The first kappa shape index (κ1) is 14.9. The zero-order valence-electron chi connectivity index (χ0n) is 10.8. The quantitative estimate of drug-likeness (QED) is 0.498. The van der Waals surface area contributed by atoms with E-state index in [1.807, 2.05) is 6.92 Å². The molecular weight excluding hydrogens is 246 g/mol. The predicted octanol–water partition coefficient (Wildman–Crippen LogP) is 1.72. The summed E-state index contributed by atoms with van der Waals surface area (Å²) in [5, 5.41) is 2.24. The standard InChI is InChI=1S/C14H17NO4/c1-2-3-7-10-19-14(18)13(17)15-11-8-5-4-6-9-12(11)16/h4-6,8-9H,2-3,7,10H2,1H3,(H,15,16,17). The molecule has 0 aliphatic rings. The summed E-state index contributed by atoms with van der Waals surface area (Å²) in [6.45, 7) is 2.24. The third kappa shape index (κ3) is 5.33. The molecule has 0 saturated carbocycles. The van der Waals surface area contributed by atoms with Crippen molar-refractivity contribution in [1.29, 1.82) is 0 Å². The highest BCUT2D eigenvalue weighted by molar-refractivity contribution is 6.37. The Morgan fingerprint density at radius 3 is 2.63 bits per heavy atom. The number of nitrogens with one attached hydrogen (secondary N) is 1. The van der Waals surface area contributed by atoms with Crippen LogP contribution in [0.4, 0.5) is 5.69 Å². The van der Waals surface area contributed by atoms with Crippen LogP contribution in [-0.2, 0) is 14.3 Å². The molecule has 0 fully saturated rings. The predicted molar refractivity (Wildman–Crippen MR) is 71.8 cm³/mol. The molecule has 5 nitrogen and oxygen atoms in total. The maximum Gasteiger partial charge on any atom is 0.397 e. The van der Waals surface area contributed by atoms with E-state index in [9.17, 15) is 14.4 Å². The summed E-state index contributed by atoms with van der Waals surface area (Å²) in [6, 6.07) is 7.55. The van der Waals surface area contributed by atoms with E-state index in [-0.39, 0.29) is 17.7 Å². The zero-order chi connectivity index (χ0) is 14.1. The molecule has 1 aromatic carbocycles. The molecule has 0 bridgehead atoms. The summed E-state index contributed by atoms with van der Waals surface area (Å²) in [4.78, 5) is 34.4. The Labute approximate surface area is 111 Å². The maximum atomic E-state index is 11.5. The second kappa shape index (κ2) is 8.02. The van der Waals surface area contributed by atoms with Crippen LogP contribution < -0.4 is 10.7 Å². The number of hydrogen-bond acceptors (Lipinski definition) is 4. The Morgan fingerprint density at radius 1 is 1.16 bits per heavy atom. The highest BCUT2D eigenvalue weighted by Gasteiger charge is 2.15. The highest BCUT2D eigenvalue weighted by atomic mass is 16.5. The fourth-order valence-corrected chi connectivity index (χ4v) is 1.39. The normalized spacial score (nSPS) is 9.74. The molecular formula is C14H17NO4. The lowest BCUT2D eigenvalue weighted by Crippen LogP contribution is -2.27. The van der Waals surface area contributed by atoms with E-state index in [0.717, 1.165) is 19.3 Å². The lowest BCUT2D eigenvalue weighted by Gasteiger charge is -2.04. The minimum atomic E-state index is -0.970. The third-order valence-corrected chi connectivity index (χ3v) is 2.41. The van der Waals surface area contributed by atoms with Gasteiger partial charge in [0.25, 0.3) is 0 Å². The van der Waals surface area contributed by atoms with E-state index in [4.69, 9.17) is 4.74 Å². The average molecular weight is 263 g/mol. The van der Waals surface area contributed by atoms with Gasteiger partial charge in [-0.2, -0.15) is 0 Å². The number of ether oxygens (including phenoxy) is 1. The van der Waals surface area contributed by atoms with Crippen LogP contribution in [-0.4, -0.2) is 18.5 Å². The topological polar surface area (TPSA) is 72.5 Å². The number of amides is 1. The SMILES string of the molecule is CCCCCOC(=O)C(=O)Nc1cccccc1=O. The molecule has 0 atom stereocenters. The van der Waals surface area contributed by atoms with Crippen molar-refractivity contribution in [2.45, 2.75) is 26.2 Å². The van der Waals surface area contributed by atoms with E-state index in [2.05, 4.69) is 5.32 Å². The van der Waals surface area contributed by atoms with Gasteiger partial charge in [0.2, 0.25) is 5.43 Å². The van der Waals surface area contributed by atoms with Crippen LogP contribution in [0.2, 0.25) is 0 Å². The Balaban J connectivity index is 2.53. The number of rotatable bonds is 5. The summed E-state index contributed by atoms with van der Waals surface area (Å²) in [5.74, 6) is -1.90. The number of hydrogen-bond donors (Lipinski definition) is 1. The maximum absolute atomic E-state index is 11.5. The number of anilines is 1. The second-order valence-corrected chi connectivity index (χ2v) is 3.99. The number of carbonyl (C=O) groups is 2. The fraction of sp³-hybridized carbons (Fsp3) is 0.357. The molecule has 1 rings (SSSR count). The minimum absolute atomic E-state index is 0.0560.